The molecular formula is C8H11NO3S. The molecule has 0 spiro atoms. The average Bonchev–Trinajstić information content (AvgIpc) is 2.15. The lowest BCUT2D eigenvalue weighted by molar-refractivity contribution is 0.281. The summed E-state index contributed by atoms with van der Waals surface area (Å²) >= 11 is -1.76. The summed E-state index contributed by atoms with van der Waals surface area (Å²) in [5.41, 5.74) is 1.51. The fraction of sp³-hybridized carbons (Fsp3) is 0.375. The SMILES string of the molecule is O=S(O)CCc1ccc(CO)cn1. The number of aromatic nitrogens is 1. The third-order valence-electron chi connectivity index (χ3n) is 1.60. The molecule has 13 heavy (non-hydrogen) atoms. The average molecular weight is 201 g/mol. The van der Waals surface area contributed by atoms with Crippen LogP contribution < -0.4 is 0 Å². The van der Waals surface area contributed by atoms with Gasteiger partial charge in [-0.05, 0) is 11.6 Å². The molecule has 0 bridgehead atoms. The molecule has 0 aliphatic rings. The summed E-state index contributed by atoms with van der Waals surface area (Å²) < 4.78 is 18.9. The number of hydrogen-bond donors (Lipinski definition) is 2. The zero-order valence-electron chi connectivity index (χ0n) is 7.01. The highest BCUT2D eigenvalue weighted by Crippen LogP contribution is 2.01. The van der Waals surface area contributed by atoms with E-state index in [0.29, 0.717) is 6.42 Å². The highest BCUT2D eigenvalue weighted by atomic mass is 32.2. The number of aliphatic hydroxyl groups excluding tert-OH is 1. The van der Waals surface area contributed by atoms with Gasteiger partial charge in [-0.1, -0.05) is 6.07 Å². The zero-order chi connectivity index (χ0) is 9.68. The van der Waals surface area contributed by atoms with E-state index in [1.54, 1.807) is 18.3 Å². The molecule has 1 aromatic rings. The summed E-state index contributed by atoms with van der Waals surface area (Å²) in [6, 6.07) is 3.50. The molecule has 0 saturated heterocycles. The molecule has 2 N–H and O–H groups in total. The number of rotatable bonds is 4. The Bertz CT molecular complexity index is 286. The molecule has 1 heterocycles. The smallest absolute Gasteiger partial charge is 0.153 e. The van der Waals surface area contributed by atoms with Crippen LogP contribution in [-0.2, 0) is 24.1 Å². The highest BCUT2D eigenvalue weighted by molar-refractivity contribution is 7.79. The first-order valence-corrected chi connectivity index (χ1v) is 5.12. The van der Waals surface area contributed by atoms with Crippen molar-refractivity contribution in [1.82, 2.24) is 4.98 Å². The van der Waals surface area contributed by atoms with Gasteiger partial charge >= 0.3 is 0 Å². The van der Waals surface area contributed by atoms with E-state index in [1.165, 1.54) is 0 Å². The second-order valence-electron chi connectivity index (χ2n) is 2.59. The lowest BCUT2D eigenvalue weighted by atomic mass is 10.2. The van der Waals surface area contributed by atoms with Crippen molar-refractivity contribution < 1.29 is 13.9 Å². The summed E-state index contributed by atoms with van der Waals surface area (Å²) in [7, 11) is 0. The Labute approximate surface area is 78.9 Å². The van der Waals surface area contributed by atoms with Gasteiger partial charge in [0.15, 0.2) is 11.1 Å². The number of aliphatic hydroxyl groups is 1. The van der Waals surface area contributed by atoms with Gasteiger partial charge in [-0.3, -0.25) is 4.98 Å². The largest absolute Gasteiger partial charge is 0.392 e. The van der Waals surface area contributed by atoms with E-state index in [1.807, 2.05) is 0 Å². The number of nitrogens with zero attached hydrogens (tertiary/aromatic N) is 1. The first kappa shape index (κ1) is 10.3. The molecule has 0 aromatic carbocycles. The van der Waals surface area contributed by atoms with Crippen molar-refractivity contribution in [2.45, 2.75) is 13.0 Å². The van der Waals surface area contributed by atoms with Gasteiger partial charge in [0.1, 0.15) is 0 Å². The van der Waals surface area contributed by atoms with Gasteiger partial charge in [-0.25, -0.2) is 4.21 Å². The van der Waals surface area contributed by atoms with E-state index in [-0.39, 0.29) is 12.4 Å². The van der Waals surface area contributed by atoms with Crippen molar-refractivity contribution in [1.29, 1.82) is 0 Å². The van der Waals surface area contributed by atoms with Crippen molar-refractivity contribution in [2.24, 2.45) is 0 Å². The minimum Gasteiger partial charge on any atom is -0.392 e. The minimum atomic E-state index is -1.76. The Balaban J connectivity index is 2.54. The van der Waals surface area contributed by atoms with Crippen LogP contribution in [0.3, 0.4) is 0 Å². The molecule has 0 saturated carbocycles. The number of hydrogen-bond acceptors (Lipinski definition) is 3. The molecule has 0 fully saturated rings. The lowest BCUT2D eigenvalue weighted by Crippen LogP contribution is -2.01. The maximum atomic E-state index is 10.3. The van der Waals surface area contributed by atoms with Gasteiger partial charge in [-0.15, -0.1) is 0 Å². The van der Waals surface area contributed by atoms with Crippen LogP contribution in [0.2, 0.25) is 0 Å². The van der Waals surface area contributed by atoms with E-state index < -0.39 is 11.1 Å². The van der Waals surface area contributed by atoms with Crippen molar-refractivity contribution in [3.05, 3.63) is 29.6 Å². The first-order chi connectivity index (χ1) is 6.22. The predicted molar refractivity (Wildman–Crippen MR) is 49.5 cm³/mol. The minimum absolute atomic E-state index is 0.0286. The predicted octanol–water partition coefficient (Wildman–Crippen LogP) is 0.338. The molecule has 1 aromatic heterocycles. The molecule has 0 radical (unpaired) electrons. The van der Waals surface area contributed by atoms with Crippen LogP contribution in [0.4, 0.5) is 0 Å². The van der Waals surface area contributed by atoms with Gasteiger partial charge in [0.25, 0.3) is 0 Å². The first-order valence-electron chi connectivity index (χ1n) is 3.84. The summed E-state index contributed by atoms with van der Waals surface area (Å²) in [5, 5.41) is 8.72. The van der Waals surface area contributed by atoms with Crippen LogP contribution >= 0.6 is 0 Å². The van der Waals surface area contributed by atoms with Crippen molar-refractivity contribution in [2.75, 3.05) is 5.75 Å². The zero-order valence-corrected chi connectivity index (χ0v) is 7.83. The van der Waals surface area contributed by atoms with Crippen LogP contribution in [0.15, 0.2) is 18.3 Å². The van der Waals surface area contributed by atoms with Crippen LogP contribution in [0, 0.1) is 0 Å². The maximum absolute atomic E-state index is 10.3. The van der Waals surface area contributed by atoms with Crippen LogP contribution in [-0.4, -0.2) is 24.6 Å². The normalized spacial score (nSPS) is 12.8. The Morgan fingerprint density at radius 3 is 2.69 bits per heavy atom. The van der Waals surface area contributed by atoms with Gasteiger partial charge in [-0.2, -0.15) is 0 Å². The molecule has 5 heteroatoms. The van der Waals surface area contributed by atoms with Gasteiger partial charge in [0.2, 0.25) is 0 Å². The summed E-state index contributed by atoms with van der Waals surface area (Å²) in [6.45, 7) is -0.0286. The van der Waals surface area contributed by atoms with E-state index in [4.69, 9.17) is 9.66 Å². The maximum Gasteiger partial charge on any atom is 0.153 e. The van der Waals surface area contributed by atoms with Crippen molar-refractivity contribution >= 4 is 11.1 Å². The van der Waals surface area contributed by atoms with Gasteiger partial charge in [0.05, 0.1) is 12.4 Å². The Hall–Kier alpha value is -0.780. The standard InChI is InChI=1S/C8H11NO3S/c10-6-7-1-2-8(9-5-7)3-4-13(11)12/h1-2,5,10H,3-4,6H2,(H,11,12). The Kier molecular flexibility index (Phi) is 4.01. The van der Waals surface area contributed by atoms with E-state index >= 15 is 0 Å². The Morgan fingerprint density at radius 2 is 2.23 bits per heavy atom. The molecule has 0 amide bonds. The van der Waals surface area contributed by atoms with Crippen molar-refractivity contribution in [3.63, 3.8) is 0 Å². The van der Waals surface area contributed by atoms with Crippen LogP contribution in [0.5, 0.6) is 0 Å². The van der Waals surface area contributed by atoms with E-state index in [0.717, 1.165) is 11.3 Å². The Morgan fingerprint density at radius 1 is 1.46 bits per heavy atom. The quantitative estimate of drug-likeness (QED) is 0.689. The fourth-order valence-corrected chi connectivity index (χ4v) is 1.27. The lowest BCUT2D eigenvalue weighted by Gasteiger charge is -1.99. The topological polar surface area (TPSA) is 70.4 Å². The van der Waals surface area contributed by atoms with E-state index in [9.17, 15) is 4.21 Å². The number of aryl methyl sites for hydroxylation is 1. The van der Waals surface area contributed by atoms with E-state index in [2.05, 4.69) is 4.98 Å². The highest BCUT2D eigenvalue weighted by Gasteiger charge is 1.98. The third kappa shape index (κ3) is 3.63. The van der Waals surface area contributed by atoms with Crippen LogP contribution in [0.25, 0.3) is 0 Å². The summed E-state index contributed by atoms with van der Waals surface area (Å²) in [5.74, 6) is 0.200. The van der Waals surface area contributed by atoms with Crippen molar-refractivity contribution in [3.8, 4) is 0 Å². The summed E-state index contributed by atoms with van der Waals surface area (Å²) in [4.78, 5) is 4.02. The van der Waals surface area contributed by atoms with Gasteiger partial charge in [0, 0.05) is 18.3 Å². The summed E-state index contributed by atoms with van der Waals surface area (Å²) in [6.07, 6.45) is 2.05. The molecule has 0 aliphatic carbocycles. The second kappa shape index (κ2) is 5.06. The molecule has 1 unspecified atom stereocenters. The number of pyridine rings is 1. The monoisotopic (exact) mass is 201 g/mol. The molecule has 4 nitrogen and oxygen atoms in total. The second-order valence-corrected chi connectivity index (χ2v) is 3.64. The van der Waals surface area contributed by atoms with Crippen LogP contribution in [0.1, 0.15) is 11.3 Å². The molecular weight excluding hydrogens is 190 g/mol. The van der Waals surface area contributed by atoms with Gasteiger partial charge < -0.3 is 9.66 Å². The molecule has 1 atom stereocenters. The fourth-order valence-electron chi connectivity index (χ4n) is 0.888. The molecule has 72 valence electrons. The molecule has 0 aliphatic heterocycles. The molecule has 1 rings (SSSR count). The third-order valence-corrected chi connectivity index (χ3v) is 2.15.